The Hall–Kier alpha value is -1.74. The SMILES string of the molecule is CCc1ccc(/C=C2/SC(=S)N(CCCC(=O)NN3CCOCC3)C2=O)cc1. The highest BCUT2D eigenvalue weighted by Crippen LogP contribution is 2.32. The monoisotopic (exact) mass is 419 g/mol. The van der Waals surface area contributed by atoms with E-state index in [9.17, 15) is 9.59 Å². The van der Waals surface area contributed by atoms with Gasteiger partial charge in [0.15, 0.2) is 0 Å². The van der Waals surface area contributed by atoms with Crippen molar-refractivity contribution >= 4 is 46.2 Å². The summed E-state index contributed by atoms with van der Waals surface area (Å²) in [7, 11) is 0. The first-order valence-corrected chi connectivity index (χ1v) is 10.8. The Kier molecular flexibility index (Phi) is 7.61. The van der Waals surface area contributed by atoms with E-state index in [0.717, 1.165) is 12.0 Å². The second kappa shape index (κ2) is 10.2. The molecule has 0 saturated carbocycles. The molecule has 6 nitrogen and oxygen atoms in total. The molecular formula is C20H25N3O3S2. The largest absolute Gasteiger partial charge is 0.379 e. The molecule has 0 aliphatic carbocycles. The molecule has 2 heterocycles. The highest BCUT2D eigenvalue weighted by atomic mass is 32.2. The summed E-state index contributed by atoms with van der Waals surface area (Å²) in [6, 6.07) is 8.17. The maximum absolute atomic E-state index is 12.7. The van der Waals surface area contributed by atoms with Gasteiger partial charge in [0.25, 0.3) is 5.91 Å². The van der Waals surface area contributed by atoms with E-state index >= 15 is 0 Å². The summed E-state index contributed by atoms with van der Waals surface area (Å²) in [5.41, 5.74) is 5.13. The smallest absolute Gasteiger partial charge is 0.266 e. The Balaban J connectivity index is 1.49. The number of ether oxygens (including phenoxy) is 1. The fraction of sp³-hybridized carbons (Fsp3) is 0.450. The summed E-state index contributed by atoms with van der Waals surface area (Å²) in [6.07, 6.45) is 3.79. The van der Waals surface area contributed by atoms with Crippen molar-refractivity contribution in [3.8, 4) is 0 Å². The molecule has 2 amide bonds. The zero-order valence-electron chi connectivity index (χ0n) is 16.0. The molecular weight excluding hydrogens is 394 g/mol. The molecule has 0 atom stereocenters. The van der Waals surface area contributed by atoms with Gasteiger partial charge in [-0.05, 0) is 30.0 Å². The van der Waals surface area contributed by atoms with Gasteiger partial charge in [-0.1, -0.05) is 55.2 Å². The summed E-state index contributed by atoms with van der Waals surface area (Å²) in [5, 5.41) is 1.87. The number of carbonyl (C=O) groups excluding carboxylic acids is 2. The number of nitrogens with one attached hydrogen (secondary N) is 1. The number of hydrogen-bond acceptors (Lipinski definition) is 6. The summed E-state index contributed by atoms with van der Waals surface area (Å²) in [5.74, 6) is -0.123. The number of morpholine rings is 1. The molecule has 0 spiro atoms. The number of benzene rings is 1. The van der Waals surface area contributed by atoms with Gasteiger partial charge in [0.05, 0.1) is 18.1 Å². The van der Waals surface area contributed by atoms with Gasteiger partial charge in [-0.3, -0.25) is 19.9 Å². The van der Waals surface area contributed by atoms with Gasteiger partial charge in [0.1, 0.15) is 4.32 Å². The summed E-state index contributed by atoms with van der Waals surface area (Å²) >= 11 is 6.68. The van der Waals surface area contributed by atoms with Crippen molar-refractivity contribution < 1.29 is 14.3 Å². The maximum atomic E-state index is 12.7. The van der Waals surface area contributed by atoms with Gasteiger partial charge in [-0.15, -0.1) is 0 Å². The number of carbonyl (C=O) groups is 2. The highest BCUT2D eigenvalue weighted by molar-refractivity contribution is 8.26. The molecule has 2 fully saturated rings. The zero-order chi connectivity index (χ0) is 19.9. The number of aryl methyl sites for hydroxylation is 1. The van der Waals surface area contributed by atoms with E-state index in [1.807, 2.05) is 23.2 Å². The zero-order valence-corrected chi connectivity index (χ0v) is 17.6. The third-order valence-electron chi connectivity index (χ3n) is 4.64. The first-order valence-electron chi connectivity index (χ1n) is 9.53. The van der Waals surface area contributed by atoms with E-state index in [-0.39, 0.29) is 11.8 Å². The van der Waals surface area contributed by atoms with E-state index in [4.69, 9.17) is 17.0 Å². The minimum atomic E-state index is -0.0804. The molecule has 3 rings (SSSR count). The third-order valence-corrected chi connectivity index (χ3v) is 6.02. The first-order chi connectivity index (χ1) is 13.6. The van der Waals surface area contributed by atoms with Gasteiger partial charge in [0.2, 0.25) is 5.91 Å². The number of nitrogens with zero attached hydrogens (tertiary/aromatic N) is 2. The van der Waals surface area contributed by atoms with Crippen molar-refractivity contribution in [3.05, 3.63) is 40.3 Å². The highest BCUT2D eigenvalue weighted by Gasteiger charge is 2.31. The van der Waals surface area contributed by atoms with Crippen LogP contribution in [0.1, 0.15) is 30.9 Å². The molecule has 28 heavy (non-hydrogen) atoms. The lowest BCUT2D eigenvalue weighted by molar-refractivity contribution is -0.128. The molecule has 0 unspecified atom stereocenters. The molecule has 1 aromatic rings. The average molecular weight is 420 g/mol. The quantitative estimate of drug-likeness (QED) is 0.542. The van der Waals surface area contributed by atoms with Crippen LogP contribution in [0.25, 0.3) is 6.08 Å². The summed E-state index contributed by atoms with van der Waals surface area (Å²) in [4.78, 5) is 26.9. The average Bonchev–Trinajstić information content (AvgIpc) is 2.96. The van der Waals surface area contributed by atoms with Crippen LogP contribution in [0.2, 0.25) is 0 Å². The van der Waals surface area contributed by atoms with Crippen molar-refractivity contribution in [2.24, 2.45) is 0 Å². The van der Waals surface area contributed by atoms with Crippen LogP contribution in [0.5, 0.6) is 0 Å². The van der Waals surface area contributed by atoms with Gasteiger partial charge in [0, 0.05) is 26.1 Å². The van der Waals surface area contributed by atoms with Crippen LogP contribution in [0, 0.1) is 0 Å². The second-order valence-corrected chi connectivity index (χ2v) is 8.34. The Morgan fingerprint density at radius 1 is 1.29 bits per heavy atom. The topological polar surface area (TPSA) is 61.9 Å². The molecule has 0 bridgehead atoms. The standard InChI is InChI=1S/C20H25N3O3S2/c1-2-15-5-7-16(8-6-15)14-17-19(25)23(20(27)28-17)9-3-4-18(24)21-22-10-12-26-13-11-22/h5-8,14H,2-4,9-13H2,1H3,(H,21,24)/b17-14+. The van der Waals surface area contributed by atoms with Gasteiger partial charge in [-0.2, -0.15) is 0 Å². The molecule has 0 radical (unpaired) electrons. The molecule has 2 saturated heterocycles. The van der Waals surface area contributed by atoms with Crippen LogP contribution >= 0.6 is 24.0 Å². The van der Waals surface area contributed by atoms with E-state index in [0.29, 0.717) is 54.9 Å². The summed E-state index contributed by atoms with van der Waals surface area (Å²) in [6.45, 7) is 5.22. The van der Waals surface area contributed by atoms with Crippen LogP contribution in [0.4, 0.5) is 0 Å². The normalized spacial score (nSPS) is 19.5. The maximum Gasteiger partial charge on any atom is 0.266 e. The van der Waals surface area contributed by atoms with Crippen molar-refractivity contribution in [3.63, 3.8) is 0 Å². The lowest BCUT2D eigenvalue weighted by atomic mass is 10.1. The number of hydrazine groups is 1. The van der Waals surface area contributed by atoms with Gasteiger partial charge >= 0.3 is 0 Å². The molecule has 150 valence electrons. The molecule has 8 heteroatoms. The Morgan fingerprint density at radius 2 is 2.00 bits per heavy atom. The van der Waals surface area contributed by atoms with Crippen LogP contribution < -0.4 is 5.43 Å². The van der Waals surface area contributed by atoms with Crippen molar-refractivity contribution in [1.82, 2.24) is 15.3 Å². The number of thiocarbonyl (C=S) groups is 1. The molecule has 1 N–H and O–H groups in total. The van der Waals surface area contributed by atoms with Crippen molar-refractivity contribution in [1.29, 1.82) is 0 Å². The van der Waals surface area contributed by atoms with Gasteiger partial charge in [-0.25, -0.2) is 5.01 Å². The molecule has 1 aromatic carbocycles. The lowest BCUT2D eigenvalue weighted by Gasteiger charge is -2.27. The van der Waals surface area contributed by atoms with Crippen molar-refractivity contribution in [2.45, 2.75) is 26.2 Å². The lowest BCUT2D eigenvalue weighted by Crippen LogP contribution is -2.48. The predicted octanol–water partition coefficient (Wildman–Crippen LogP) is 2.59. The third kappa shape index (κ3) is 5.64. The van der Waals surface area contributed by atoms with E-state index < -0.39 is 0 Å². The van der Waals surface area contributed by atoms with Crippen LogP contribution in [0.3, 0.4) is 0 Å². The first kappa shape index (κ1) is 21.0. The minimum Gasteiger partial charge on any atom is -0.379 e. The number of rotatable bonds is 7. The molecule has 2 aliphatic heterocycles. The van der Waals surface area contributed by atoms with Crippen molar-refractivity contribution in [2.75, 3.05) is 32.8 Å². The fourth-order valence-electron chi connectivity index (χ4n) is 3.00. The summed E-state index contributed by atoms with van der Waals surface area (Å²) < 4.78 is 5.81. The van der Waals surface area contributed by atoms with Gasteiger partial charge < -0.3 is 4.74 Å². The molecule has 2 aliphatic rings. The van der Waals surface area contributed by atoms with Crippen LogP contribution in [0.15, 0.2) is 29.2 Å². The predicted molar refractivity (Wildman–Crippen MR) is 115 cm³/mol. The second-order valence-electron chi connectivity index (χ2n) is 6.67. The fourth-order valence-corrected chi connectivity index (χ4v) is 4.31. The van der Waals surface area contributed by atoms with Crippen LogP contribution in [-0.4, -0.2) is 58.9 Å². The Morgan fingerprint density at radius 3 is 2.68 bits per heavy atom. The van der Waals surface area contributed by atoms with E-state index in [1.54, 1.807) is 4.90 Å². The Bertz CT molecular complexity index is 758. The number of thioether (sulfide) groups is 1. The van der Waals surface area contributed by atoms with Crippen LogP contribution in [-0.2, 0) is 20.7 Å². The van der Waals surface area contributed by atoms with E-state index in [2.05, 4.69) is 24.5 Å². The number of amides is 2. The number of hydrogen-bond donors (Lipinski definition) is 1. The molecule has 0 aromatic heterocycles. The minimum absolute atomic E-state index is 0.0427. The Labute approximate surface area is 175 Å². The van der Waals surface area contributed by atoms with E-state index in [1.165, 1.54) is 17.3 Å².